The molecule has 154 valence electrons. The summed E-state index contributed by atoms with van der Waals surface area (Å²) < 4.78 is 14.5. The van der Waals surface area contributed by atoms with Crippen molar-refractivity contribution in [3.63, 3.8) is 0 Å². The van der Waals surface area contributed by atoms with E-state index in [9.17, 15) is 9.18 Å². The van der Waals surface area contributed by atoms with E-state index in [1.165, 1.54) is 6.07 Å². The number of piperazine rings is 1. The molecule has 30 heavy (non-hydrogen) atoms. The number of nitrogens with zero attached hydrogens (tertiary/aromatic N) is 4. The maximum Gasteiger partial charge on any atom is 0.251 e. The molecule has 0 aliphatic carbocycles. The highest BCUT2D eigenvalue weighted by Crippen LogP contribution is 2.26. The maximum atomic E-state index is 14.5. The second-order valence-electron chi connectivity index (χ2n) is 7.78. The second kappa shape index (κ2) is 7.53. The van der Waals surface area contributed by atoms with Crippen molar-refractivity contribution in [2.24, 2.45) is 0 Å². The fourth-order valence-electron chi connectivity index (χ4n) is 4.12. The Morgan fingerprint density at radius 3 is 2.70 bits per heavy atom. The van der Waals surface area contributed by atoms with Crippen LogP contribution in [0.25, 0.3) is 21.9 Å². The number of aryl methyl sites for hydroxylation is 1. The Labute approximate surface area is 172 Å². The summed E-state index contributed by atoms with van der Waals surface area (Å²) in [6, 6.07) is 7.23. The van der Waals surface area contributed by atoms with Crippen molar-refractivity contribution >= 4 is 27.6 Å². The molecule has 7 nitrogen and oxygen atoms in total. The number of nitrogens with one attached hydrogen (secondary N) is 2. The summed E-state index contributed by atoms with van der Waals surface area (Å²) in [7, 11) is 0. The molecule has 0 saturated carbocycles. The summed E-state index contributed by atoms with van der Waals surface area (Å²) in [5.41, 5.74) is 4.67. The van der Waals surface area contributed by atoms with Gasteiger partial charge in [0.05, 0.1) is 28.4 Å². The topological polar surface area (TPSA) is 80.9 Å². The molecule has 0 bridgehead atoms. The van der Waals surface area contributed by atoms with Gasteiger partial charge in [-0.1, -0.05) is 6.92 Å². The first kappa shape index (κ1) is 18.7. The number of benzene rings is 1. The van der Waals surface area contributed by atoms with Crippen molar-refractivity contribution in [3.05, 3.63) is 64.0 Å². The molecule has 8 heteroatoms. The van der Waals surface area contributed by atoms with E-state index in [0.717, 1.165) is 60.3 Å². The zero-order valence-electron chi connectivity index (χ0n) is 16.8. The van der Waals surface area contributed by atoms with E-state index in [1.54, 1.807) is 6.20 Å². The molecular formula is C22H23FN6O. The predicted octanol–water partition coefficient (Wildman–Crippen LogP) is 2.82. The van der Waals surface area contributed by atoms with Gasteiger partial charge in [-0.2, -0.15) is 5.10 Å². The summed E-state index contributed by atoms with van der Waals surface area (Å²) in [5.74, 6) is -0.227. The minimum atomic E-state index is -0.227. The van der Waals surface area contributed by atoms with Gasteiger partial charge in [0, 0.05) is 55.9 Å². The first-order chi connectivity index (χ1) is 14.6. The minimum absolute atomic E-state index is 0.0471. The zero-order chi connectivity index (χ0) is 20.7. The maximum absolute atomic E-state index is 14.5. The summed E-state index contributed by atoms with van der Waals surface area (Å²) in [6.45, 7) is 5.86. The Hall–Kier alpha value is -3.26. The molecule has 0 amide bonds. The van der Waals surface area contributed by atoms with Crippen LogP contribution in [0.3, 0.4) is 0 Å². The van der Waals surface area contributed by atoms with E-state index in [4.69, 9.17) is 0 Å². The van der Waals surface area contributed by atoms with Gasteiger partial charge in [0.1, 0.15) is 5.82 Å². The van der Waals surface area contributed by atoms with Gasteiger partial charge < -0.3 is 9.88 Å². The predicted molar refractivity (Wildman–Crippen MR) is 115 cm³/mol. The van der Waals surface area contributed by atoms with Crippen molar-refractivity contribution < 1.29 is 4.39 Å². The normalized spacial score (nSPS) is 15.3. The number of hydrogen-bond donors (Lipinski definition) is 2. The van der Waals surface area contributed by atoms with Crippen LogP contribution in [0.1, 0.15) is 18.1 Å². The Balaban J connectivity index is 1.28. The lowest BCUT2D eigenvalue weighted by Crippen LogP contribution is -2.46. The SMILES string of the molecule is CCc1cc2ncc(CN3CCN(c4cc5cn[nH]c5cc4F)CC3)cc2[nH]c1=O. The highest BCUT2D eigenvalue weighted by atomic mass is 19.1. The average Bonchev–Trinajstić information content (AvgIpc) is 3.20. The molecule has 0 unspecified atom stereocenters. The van der Waals surface area contributed by atoms with Gasteiger partial charge in [0.2, 0.25) is 0 Å². The molecule has 1 saturated heterocycles. The molecule has 3 aromatic heterocycles. The molecule has 4 aromatic rings. The largest absolute Gasteiger partial charge is 0.367 e. The first-order valence-corrected chi connectivity index (χ1v) is 10.2. The lowest BCUT2D eigenvalue weighted by Gasteiger charge is -2.36. The highest BCUT2D eigenvalue weighted by molar-refractivity contribution is 5.82. The third-order valence-electron chi connectivity index (χ3n) is 5.83. The number of anilines is 1. The fraction of sp³-hybridized carbons (Fsp3) is 0.318. The van der Waals surface area contributed by atoms with Crippen molar-refractivity contribution in [3.8, 4) is 0 Å². The van der Waals surface area contributed by atoms with Gasteiger partial charge in [0.15, 0.2) is 0 Å². The summed E-state index contributed by atoms with van der Waals surface area (Å²) >= 11 is 0. The van der Waals surface area contributed by atoms with E-state index in [-0.39, 0.29) is 11.4 Å². The van der Waals surface area contributed by atoms with E-state index < -0.39 is 0 Å². The molecule has 1 fully saturated rings. The van der Waals surface area contributed by atoms with Crippen LogP contribution < -0.4 is 10.5 Å². The van der Waals surface area contributed by atoms with Crippen molar-refractivity contribution in [2.45, 2.75) is 19.9 Å². The summed E-state index contributed by atoms with van der Waals surface area (Å²) in [5, 5.41) is 7.69. The minimum Gasteiger partial charge on any atom is -0.367 e. The highest BCUT2D eigenvalue weighted by Gasteiger charge is 2.20. The third-order valence-corrected chi connectivity index (χ3v) is 5.83. The monoisotopic (exact) mass is 406 g/mol. The summed E-state index contributed by atoms with van der Waals surface area (Å²) in [6.07, 6.45) is 4.28. The quantitative estimate of drug-likeness (QED) is 0.545. The number of H-pyrrole nitrogens is 2. The van der Waals surface area contributed by atoms with E-state index in [0.29, 0.717) is 17.6 Å². The molecule has 5 rings (SSSR count). The summed E-state index contributed by atoms with van der Waals surface area (Å²) in [4.78, 5) is 24.0. The number of rotatable bonds is 4. The number of pyridine rings is 2. The average molecular weight is 406 g/mol. The van der Waals surface area contributed by atoms with Gasteiger partial charge in [-0.05, 0) is 30.2 Å². The van der Waals surface area contributed by atoms with Crippen LogP contribution in [0.5, 0.6) is 0 Å². The smallest absolute Gasteiger partial charge is 0.251 e. The number of aromatic nitrogens is 4. The zero-order valence-corrected chi connectivity index (χ0v) is 16.8. The molecule has 4 heterocycles. The lowest BCUT2D eigenvalue weighted by atomic mass is 10.1. The second-order valence-corrected chi connectivity index (χ2v) is 7.78. The van der Waals surface area contributed by atoms with Gasteiger partial charge in [-0.15, -0.1) is 0 Å². The van der Waals surface area contributed by atoms with Crippen LogP contribution in [0.4, 0.5) is 10.1 Å². The van der Waals surface area contributed by atoms with Crippen LogP contribution in [-0.2, 0) is 13.0 Å². The number of fused-ring (bicyclic) bond motifs is 2. The Bertz CT molecular complexity index is 1270. The van der Waals surface area contributed by atoms with Crippen LogP contribution in [0.15, 0.2) is 41.5 Å². The molecule has 0 radical (unpaired) electrons. The Morgan fingerprint density at radius 1 is 1.07 bits per heavy atom. The van der Waals surface area contributed by atoms with Gasteiger partial charge in [-0.3, -0.25) is 19.8 Å². The molecule has 2 N–H and O–H groups in total. The molecule has 0 spiro atoms. The Kier molecular flexibility index (Phi) is 4.71. The van der Waals surface area contributed by atoms with Crippen LogP contribution in [0.2, 0.25) is 0 Å². The van der Waals surface area contributed by atoms with E-state index >= 15 is 0 Å². The number of halogens is 1. The van der Waals surface area contributed by atoms with Gasteiger partial charge in [-0.25, -0.2) is 4.39 Å². The van der Waals surface area contributed by atoms with Crippen LogP contribution >= 0.6 is 0 Å². The van der Waals surface area contributed by atoms with Crippen LogP contribution in [-0.4, -0.2) is 51.2 Å². The lowest BCUT2D eigenvalue weighted by molar-refractivity contribution is 0.249. The van der Waals surface area contributed by atoms with E-state index in [1.807, 2.05) is 31.3 Å². The number of hydrogen-bond acceptors (Lipinski definition) is 5. The molecule has 1 aromatic carbocycles. The molecule has 1 aliphatic heterocycles. The Morgan fingerprint density at radius 2 is 1.90 bits per heavy atom. The molecule has 0 atom stereocenters. The first-order valence-electron chi connectivity index (χ1n) is 10.2. The molecular weight excluding hydrogens is 383 g/mol. The number of aromatic amines is 2. The van der Waals surface area contributed by atoms with Crippen molar-refractivity contribution in [2.75, 3.05) is 31.1 Å². The van der Waals surface area contributed by atoms with Crippen molar-refractivity contribution in [1.82, 2.24) is 25.1 Å². The van der Waals surface area contributed by atoms with Gasteiger partial charge >= 0.3 is 0 Å². The third kappa shape index (κ3) is 3.43. The van der Waals surface area contributed by atoms with E-state index in [2.05, 4.69) is 30.0 Å². The molecule has 1 aliphatic rings. The standard InChI is InChI=1S/C22H23FN6O/c1-2-15-8-19-20(26-22(15)30)7-14(11-24-19)13-28-3-5-29(6-4-28)21-9-16-12-25-27-18(16)10-17(21)23/h7-12H,2-6,13H2,1H3,(H,25,27)(H,26,30). The van der Waals surface area contributed by atoms with Crippen LogP contribution in [0, 0.1) is 5.82 Å². The van der Waals surface area contributed by atoms with Gasteiger partial charge in [0.25, 0.3) is 5.56 Å². The fourth-order valence-corrected chi connectivity index (χ4v) is 4.12. The van der Waals surface area contributed by atoms with Crippen molar-refractivity contribution in [1.29, 1.82) is 0 Å².